The minimum absolute atomic E-state index is 0.0952. The van der Waals surface area contributed by atoms with Crippen LogP contribution in [0, 0.1) is 11.3 Å². The molecule has 0 fully saturated rings. The number of hydrogen-bond donors (Lipinski definition) is 0. The Hall–Kier alpha value is -2.10. The standard InChI is InChI=1S/C13H9ClN2O3S/c1-20(17,18)11-4-2-10(3-5-11)19-13-12(14)9(8-15)6-7-16-13/h2-7H,1H3. The normalized spacial score (nSPS) is 10.8. The van der Waals surface area contributed by atoms with E-state index in [1.807, 2.05) is 6.07 Å². The van der Waals surface area contributed by atoms with E-state index in [-0.39, 0.29) is 21.4 Å². The molecule has 5 nitrogen and oxygen atoms in total. The third-order valence-electron chi connectivity index (χ3n) is 2.44. The summed E-state index contributed by atoms with van der Waals surface area (Å²) in [7, 11) is -3.25. The van der Waals surface area contributed by atoms with Crippen molar-refractivity contribution in [1.29, 1.82) is 5.26 Å². The van der Waals surface area contributed by atoms with E-state index < -0.39 is 9.84 Å². The van der Waals surface area contributed by atoms with Crippen LogP contribution in [0.25, 0.3) is 0 Å². The van der Waals surface area contributed by atoms with Gasteiger partial charge in [-0.15, -0.1) is 0 Å². The van der Waals surface area contributed by atoms with E-state index in [2.05, 4.69) is 4.98 Å². The first-order chi connectivity index (χ1) is 9.41. The fourth-order valence-electron chi connectivity index (χ4n) is 1.45. The average Bonchev–Trinajstić information content (AvgIpc) is 2.41. The van der Waals surface area contributed by atoms with E-state index in [1.54, 1.807) is 0 Å². The predicted molar refractivity (Wildman–Crippen MR) is 73.6 cm³/mol. The summed E-state index contributed by atoms with van der Waals surface area (Å²) in [6.07, 6.45) is 2.53. The van der Waals surface area contributed by atoms with Crippen LogP contribution in [-0.2, 0) is 9.84 Å². The largest absolute Gasteiger partial charge is 0.437 e. The number of aromatic nitrogens is 1. The lowest BCUT2D eigenvalue weighted by Crippen LogP contribution is -1.97. The molecule has 0 aliphatic rings. The molecule has 0 saturated carbocycles. The number of hydrogen-bond acceptors (Lipinski definition) is 5. The van der Waals surface area contributed by atoms with Crippen LogP contribution in [0.5, 0.6) is 11.6 Å². The van der Waals surface area contributed by atoms with Crippen molar-refractivity contribution in [2.75, 3.05) is 6.26 Å². The molecule has 0 radical (unpaired) electrons. The van der Waals surface area contributed by atoms with E-state index in [1.165, 1.54) is 36.5 Å². The van der Waals surface area contributed by atoms with Crippen molar-refractivity contribution >= 4 is 21.4 Å². The minimum atomic E-state index is -3.25. The molecule has 1 aromatic carbocycles. The number of ether oxygens (including phenoxy) is 1. The van der Waals surface area contributed by atoms with Crippen LogP contribution in [0.1, 0.15) is 5.56 Å². The highest BCUT2D eigenvalue weighted by Crippen LogP contribution is 2.29. The summed E-state index contributed by atoms with van der Waals surface area (Å²) < 4.78 is 28.1. The number of sulfone groups is 1. The van der Waals surface area contributed by atoms with Crippen LogP contribution in [0.3, 0.4) is 0 Å². The van der Waals surface area contributed by atoms with Crippen molar-refractivity contribution in [3.05, 3.63) is 47.1 Å². The molecule has 0 amide bonds. The molecule has 0 aliphatic carbocycles. The van der Waals surface area contributed by atoms with Crippen molar-refractivity contribution in [2.24, 2.45) is 0 Å². The quantitative estimate of drug-likeness (QED) is 0.871. The van der Waals surface area contributed by atoms with Crippen LogP contribution >= 0.6 is 11.6 Å². The molecular formula is C13H9ClN2O3S. The molecule has 1 heterocycles. The zero-order valence-corrected chi connectivity index (χ0v) is 11.9. The SMILES string of the molecule is CS(=O)(=O)c1ccc(Oc2nccc(C#N)c2Cl)cc1. The third kappa shape index (κ3) is 3.07. The van der Waals surface area contributed by atoms with E-state index in [0.717, 1.165) is 6.26 Å². The molecule has 20 heavy (non-hydrogen) atoms. The second kappa shape index (κ2) is 5.49. The Bertz CT molecular complexity index is 780. The summed E-state index contributed by atoms with van der Waals surface area (Å²) in [5, 5.41) is 8.96. The number of pyridine rings is 1. The molecule has 1 aromatic heterocycles. The highest BCUT2D eigenvalue weighted by atomic mass is 35.5. The van der Waals surface area contributed by atoms with Crippen LogP contribution in [0.4, 0.5) is 0 Å². The minimum Gasteiger partial charge on any atom is -0.437 e. The van der Waals surface area contributed by atoms with Crippen LogP contribution in [0.2, 0.25) is 5.02 Å². The van der Waals surface area contributed by atoms with E-state index in [0.29, 0.717) is 5.75 Å². The van der Waals surface area contributed by atoms with Gasteiger partial charge in [-0.1, -0.05) is 11.6 Å². The summed E-state index contributed by atoms with van der Waals surface area (Å²) in [6, 6.07) is 9.23. The second-order valence-corrected chi connectivity index (χ2v) is 6.33. The van der Waals surface area contributed by atoms with Gasteiger partial charge in [0.05, 0.1) is 10.5 Å². The summed E-state index contributed by atoms with van der Waals surface area (Å²) in [5.74, 6) is 0.472. The maximum Gasteiger partial charge on any atom is 0.239 e. The predicted octanol–water partition coefficient (Wildman–Crippen LogP) is 2.80. The van der Waals surface area contributed by atoms with Crippen molar-refractivity contribution in [2.45, 2.75) is 4.90 Å². The fourth-order valence-corrected chi connectivity index (χ4v) is 2.27. The van der Waals surface area contributed by atoms with E-state index in [4.69, 9.17) is 21.6 Å². The molecule has 0 unspecified atom stereocenters. The highest BCUT2D eigenvalue weighted by Gasteiger charge is 2.11. The molecular weight excluding hydrogens is 300 g/mol. The summed E-state index contributed by atoms with van der Waals surface area (Å²) in [5.41, 5.74) is 0.254. The second-order valence-electron chi connectivity index (χ2n) is 3.94. The molecule has 0 N–H and O–H groups in total. The van der Waals surface area contributed by atoms with Crippen molar-refractivity contribution < 1.29 is 13.2 Å². The number of halogens is 1. The smallest absolute Gasteiger partial charge is 0.239 e. The van der Waals surface area contributed by atoms with Gasteiger partial charge in [0, 0.05) is 12.5 Å². The molecule has 7 heteroatoms. The number of rotatable bonds is 3. The summed E-state index contributed by atoms with van der Waals surface area (Å²) in [4.78, 5) is 4.12. The highest BCUT2D eigenvalue weighted by molar-refractivity contribution is 7.90. The molecule has 102 valence electrons. The van der Waals surface area contributed by atoms with Crippen molar-refractivity contribution in [3.63, 3.8) is 0 Å². The molecule has 0 atom stereocenters. The molecule has 0 aliphatic heterocycles. The average molecular weight is 309 g/mol. The number of nitriles is 1. The van der Waals surface area contributed by atoms with Crippen LogP contribution < -0.4 is 4.74 Å². The Balaban J connectivity index is 2.30. The Labute approximate surface area is 121 Å². The fraction of sp³-hybridized carbons (Fsp3) is 0.0769. The Kier molecular flexibility index (Phi) is 3.93. The molecule has 0 bridgehead atoms. The van der Waals surface area contributed by atoms with Gasteiger partial charge in [-0.25, -0.2) is 13.4 Å². The first-order valence-electron chi connectivity index (χ1n) is 5.44. The lowest BCUT2D eigenvalue weighted by Gasteiger charge is -2.07. The van der Waals surface area contributed by atoms with Gasteiger partial charge < -0.3 is 4.74 Å². The monoisotopic (exact) mass is 308 g/mol. The number of benzene rings is 1. The summed E-state index contributed by atoms with van der Waals surface area (Å²) >= 11 is 5.96. The van der Waals surface area contributed by atoms with Crippen LogP contribution in [-0.4, -0.2) is 19.7 Å². The van der Waals surface area contributed by atoms with Gasteiger partial charge in [0.2, 0.25) is 5.88 Å². The maximum atomic E-state index is 11.3. The van der Waals surface area contributed by atoms with Crippen LogP contribution in [0.15, 0.2) is 41.4 Å². The van der Waals surface area contributed by atoms with Gasteiger partial charge in [-0.05, 0) is 30.3 Å². The van der Waals surface area contributed by atoms with E-state index in [9.17, 15) is 8.42 Å². The van der Waals surface area contributed by atoms with Gasteiger partial charge in [0.15, 0.2) is 9.84 Å². The van der Waals surface area contributed by atoms with Gasteiger partial charge >= 0.3 is 0 Å². The lowest BCUT2D eigenvalue weighted by atomic mass is 10.3. The molecule has 0 saturated heterocycles. The lowest BCUT2D eigenvalue weighted by molar-refractivity contribution is 0.462. The summed E-state index contributed by atoms with van der Waals surface area (Å²) in [6.45, 7) is 0. The van der Waals surface area contributed by atoms with Crippen molar-refractivity contribution in [1.82, 2.24) is 4.98 Å². The van der Waals surface area contributed by atoms with Gasteiger partial charge in [0.25, 0.3) is 0 Å². The molecule has 2 rings (SSSR count). The maximum absolute atomic E-state index is 11.3. The third-order valence-corrected chi connectivity index (χ3v) is 3.94. The number of nitrogens with zero attached hydrogens (tertiary/aromatic N) is 2. The first kappa shape index (κ1) is 14.3. The molecule has 2 aromatic rings. The van der Waals surface area contributed by atoms with Gasteiger partial charge in [-0.2, -0.15) is 5.26 Å². The van der Waals surface area contributed by atoms with Gasteiger partial charge in [0.1, 0.15) is 16.8 Å². The Morgan fingerprint density at radius 3 is 2.45 bits per heavy atom. The Morgan fingerprint density at radius 1 is 1.25 bits per heavy atom. The zero-order valence-electron chi connectivity index (χ0n) is 10.4. The molecule has 0 spiro atoms. The van der Waals surface area contributed by atoms with Gasteiger partial charge in [-0.3, -0.25) is 0 Å². The van der Waals surface area contributed by atoms with Crippen molar-refractivity contribution in [3.8, 4) is 17.7 Å². The topological polar surface area (TPSA) is 80.1 Å². The Morgan fingerprint density at radius 2 is 1.90 bits per heavy atom. The zero-order chi connectivity index (χ0) is 14.8. The first-order valence-corrected chi connectivity index (χ1v) is 7.71. The van der Waals surface area contributed by atoms with E-state index >= 15 is 0 Å².